The third-order valence-electron chi connectivity index (χ3n) is 2.95. The van der Waals surface area contributed by atoms with Gasteiger partial charge >= 0.3 is 5.97 Å². The van der Waals surface area contributed by atoms with Crippen molar-refractivity contribution in [2.24, 2.45) is 0 Å². The summed E-state index contributed by atoms with van der Waals surface area (Å²) in [5, 5.41) is 0. The zero-order valence-electron chi connectivity index (χ0n) is 11.9. The summed E-state index contributed by atoms with van der Waals surface area (Å²) in [6.45, 7) is 1.68. The molecule has 0 heterocycles. The van der Waals surface area contributed by atoms with Gasteiger partial charge < -0.3 is 15.2 Å². The van der Waals surface area contributed by atoms with Crippen LogP contribution in [0.5, 0.6) is 5.75 Å². The van der Waals surface area contributed by atoms with Crippen LogP contribution in [0.4, 0.5) is 10.1 Å². The molecule has 21 heavy (non-hydrogen) atoms. The third kappa shape index (κ3) is 3.72. The van der Waals surface area contributed by atoms with Crippen molar-refractivity contribution in [2.45, 2.75) is 13.5 Å². The minimum atomic E-state index is -0.541. The zero-order chi connectivity index (χ0) is 15.4. The number of methoxy groups -OCH3 is 1. The molecule has 0 spiro atoms. The van der Waals surface area contributed by atoms with Crippen LogP contribution in [-0.2, 0) is 11.3 Å². The molecule has 2 aromatic carbocycles. The fraction of sp³-hybridized carbons (Fsp3) is 0.188. The molecule has 0 aliphatic rings. The largest absolute Gasteiger partial charge is 0.497 e. The van der Waals surface area contributed by atoms with Crippen LogP contribution in [0.3, 0.4) is 0 Å². The summed E-state index contributed by atoms with van der Waals surface area (Å²) in [4.78, 5) is 11.9. The molecule has 0 saturated carbocycles. The Balaban J connectivity index is 2.07. The molecular weight excluding hydrogens is 273 g/mol. The summed E-state index contributed by atoms with van der Waals surface area (Å²) in [6.07, 6.45) is 0. The van der Waals surface area contributed by atoms with Gasteiger partial charge in [-0.05, 0) is 42.8 Å². The van der Waals surface area contributed by atoms with Crippen LogP contribution < -0.4 is 10.5 Å². The Hall–Kier alpha value is -2.56. The molecule has 2 rings (SSSR count). The lowest BCUT2D eigenvalue weighted by atomic mass is 10.1. The van der Waals surface area contributed by atoms with E-state index in [4.69, 9.17) is 15.2 Å². The lowest BCUT2D eigenvalue weighted by molar-refractivity contribution is 0.0469. The second-order valence-electron chi connectivity index (χ2n) is 4.67. The lowest BCUT2D eigenvalue weighted by Gasteiger charge is -2.08. The van der Waals surface area contributed by atoms with Crippen LogP contribution >= 0.6 is 0 Å². The smallest absolute Gasteiger partial charge is 0.338 e. The number of halogens is 1. The molecule has 0 radical (unpaired) electrons. The molecule has 0 fully saturated rings. The Labute approximate surface area is 122 Å². The van der Waals surface area contributed by atoms with E-state index in [9.17, 15) is 9.18 Å². The van der Waals surface area contributed by atoms with E-state index in [1.165, 1.54) is 25.3 Å². The number of aryl methyl sites for hydroxylation is 1. The number of rotatable bonds is 4. The van der Waals surface area contributed by atoms with Crippen LogP contribution in [0.15, 0.2) is 36.4 Å². The van der Waals surface area contributed by atoms with Gasteiger partial charge in [-0.2, -0.15) is 0 Å². The fourth-order valence-corrected chi connectivity index (χ4v) is 1.93. The van der Waals surface area contributed by atoms with Gasteiger partial charge in [0.15, 0.2) is 0 Å². The van der Waals surface area contributed by atoms with Crippen LogP contribution in [0, 0.1) is 12.7 Å². The molecule has 0 amide bonds. The molecule has 0 unspecified atom stereocenters. The average molecular weight is 289 g/mol. The van der Waals surface area contributed by atoms with Crippen molar-refractivity contribution < 1.29 is 18.7 Å². The van der Waals surface area contributed by atoms with E-state index in [0.29, 0.717) is 17.0 Å². The maximum Gasteiger partial charge on any atom is 0.338 e. The number of hydrogen-bond acceptors (Lipinski definition) is 4. The highest BCUT2D eigenvalue weighted by Gasteiger charge is 2.11. The Morgan fingerprint density at radius 2 is 2.00 bits per heavy atom. The number of carbonyl (C=O) groups is 1. The van der Waals surface area contributed by atoms with Gasteiger partial charge in [0.25, 0.3) is 0 Å². The Kier molecular flexibility index (Phi) is 4.42. The van der Waals surface area contributed by atoms with Crippen molar-refractivity contribution in [3.8, 4) is 5.75 Å². The van der Waals surface area contributed by atoms with E-state index in [0.717, 1.165) is 5.56 Å². The van der Waals surface area contributed by atoms with E-state index in [-0.39, 0.29) is 12.2 Å². The molecule has 5 heteroatoms. The number of ether oxygens (including phenoxy) is 2. The van der Waals surface area contributed by atoms with Crippen LogP contribution in [0.25, 0.3) is 0 Å². The molecular formula is C16H16FNO3. The molecule has 0 saturated heterocycles. The second-order valence-corrected chi connectivity index (χ2v) is 4.67. The minimum absolute atomic E-state index is 0.150. The number of carbonyl (C=O) groups excluding carboxylic acids is 1. The number of esters is 1. The monoisotopic (exact) mass is 289 g/mol. The third-order valence-corrected chi connectivity index (χ3v) is 2.95. The van der Waals surface area contributed by atoms with E-state index < -0.39 is 11.8 Å². The van der Waals surface area contributed by atoms with Gasteiger partial charge in [0, 0.05) is 17.3 Å². The van der Waals surface area contributed by atoms with Crippen molar-refractivity contribution in [3.63, 3.8) is 0 Å². The molecule has 0 atom stereocenters. The van der Waals surface area contributed by atoms with E-state index in [1.807, 2.05) is 6.92 Å². The normalized spacial score (nSPS) is 10.2. The molecule has 2 N–H and O–H groups in total. The maximum atomic E-state index is 13.7. The molecule has 0 aromatic heterocycles. The fourth-order valence-electron chi connectivity index (χ4n) is 1.93. The van der Waals surface area contributed by atoms with Crippen molar-refractivity contribution in [1.29, 1.82) is 0 Å². The van der Waals surface area contributed by atoms with Crippen molar-refractivity contribution in [2.75, 3.05) is 12.8 Å². The number of nitrogen functional groups attached to an aromatic ring is 1. The summed E-state index contributed by atoms with van der Waals surface area (Å²) in [5.74, 6) is -0.611. The number of anilines is 1. The summed E-state index contributed by atoms with van der Waals surface area (Å²) in [5.41, 5.74) is 7.65. The first-order chi connectivity index (χ1) is 9.99. The van der Waals surface area contributed by atoms with Crippen molar-refractivity contribution >= 4 is 11.7 Å². The first kappa shape index (κ1) is 14.8. The standard InChI is InChI=1S/C16H16FNO3/c1-10-5-12(7-13(18)6-10)16(19)21-9-11-3-4-14(20-2)8-15(11)17/h3-8H,9,18H2,1-2H3. The van der Waals surface area contributed by atoms with Gasteiger partial charge in [0.1, 0.15) is 18.2 Å². The van der Waals surface area contributed by atoms with Gasteiger partial charge in [-0.3, -0.25) is 0 Å². The zero-order valence-corrected chi connectivity index (χ0v) is 11.9. The topological polar surface area (TPSA) is 61.5 Å². The van der Waals surface area contributed by atoms with Gasteiger partial charge in [-0.1, -0.05) is 0 Å². The van der Waals surface area contributed by atoms with Crippen molar-refractivity contribution in [3.05, 3.63) is 58.9 Å². The second kappa shape index (κ2) is 6.26. The molecule has 0 aliphatic carbocycles. The number of nitrogens with two attached hydrogens (primary N) is 1. The van der Waals surface area contributed by atoms with Crippen LogP contribution in [0.1, 0.15) is 21.5 Å². The molecule has 0 bridgehead atoms. The minimum Gasteiger partial charge on any atom is -0.497 e. The van der Waals surface area contributed by atoms with E-state index in [2.05, 4.69) is 0 Å². The molecule has 2 aromatic rings. The summed E-state index contributed by atoms with van der Waals surface area (Å²) in [6, 6.07) is 9.32. The highest BCUT2D eigenvalue weighted by Crippen LogP contribution is 2.18. The van der Waals surface area contributed by atoms with Gasteiger partial charge in [0.05, 0.1) is 12.7 Å². The predicted octanol–water partition coefficient (Wildman–Crippen LogP) is 3.08. The Bertz CT molecular complexity index is 650. The first-order valence-corrected chi connectivity index (χ1v) is 6.36. The Morgan fingerprint density at radius 3 is 2.62 bits per heavy atom. The van der Waals surface area contributed by atoms with Gasteiger partial charge in [-0.15, -0.1) is 0 Å². The molecule has 110 valence electrons. The van der Waals surface area contributed by atoms with E-state index >= 15 is 0 Å². The molecule has 4 nitrogen and oxygen atoms in total. The van der Waals surface area contributed by atoms with Crippen molar-refractivity contribution in [1.82, 2.24) is 0 Å². The highest BCUT2D eigenvalue weighted by molar-refractivity contribution is 5.90. The predicted molar refractivity (Wildman–Crippen MR) is 77.7 cm³/mol. The lowest BCUT2D eigenvalue weighted by Crippen LogP contribution is -2.07. The summed E-state index contributed by atoms with van der Waals surface area (Å²) >= 11 is 0. The maximum absolute atomic E-state index is 13.7. The SMILES string of the molecule is COc1ccc(COC(=O)c2cc(C)cc(N)c2)c(F)c1. The van der Waals surface area contributed by atoms with Gasteiger partial charge in [-0.25, -0.2) is 9.18 Å². The average Bonchev–Trinajstić information content (AvgIpc) is 2.44. The van der Waals surface area contributed by atoms with Gasteiger partial charge in [0.2, 0.25) is 0 Å². The highest BCUT2D eigenvalue weighted by atomic mass is 19.1. The van der Waals surface area contributed by atoms with Crippen LogP contribution in [-0.4, -0.2) is 13.1 Å². The summed E-state index contributed by atoms with van der Waals surface area (Å²) in [7, 11) is 1.45. The summed E-state index contributed by atoms with van der Waals surface area (Å²) < 4.78 is 23.7. The van der Waals surface area contributed by atoms with E-state index in [1.54, 1.807) is 18.2 Å². The number of hydrogen-bond donors (Lipinski definition) is 1. The first-order valence-electron chi connectivity index (χ1n) is 6.36. The molecule has 0 aliphatic heterocycles. The van der Waals surface area contributed by atoms with Crippen LogP contribution in [0.2, 0.25) is 0 Å². The Morgan fingerprint density at radius 1 is 1.24 bits per heavy atom. The number of benzene rings is 2. The quantitative estimate of drug-likeness (QED) is 0.694.